The number of halogens is 2. The molecule has 4 rings (SSSR count). The maximum atomic E-state index is 13.8. The van der Waals surface area contributed by atoms with Crippen molar-refractivity contribution in [2.75, 3.05) is 19.6 Å². The molecule has 2 aliphatic heterocycles. The normalized spacial score (nSPS) is 30.0. The molecule has 2 saturated heterocycles. The quantitative estimate of drug-likeness (QED) is 0.296. The number of nitrogens with one attached hydrogen (secondary N) is 3. The van der Waals surface area contributed by atoms with Gasteiger partial charge in [0.05, 0.1) is 12.5 Å². The van der Waals surface area contributed by atoms with Crippen LogP contribution in [0.3, 0.4) is 0 Å². The topological polar surface area (TPSA) is 128 Å². The van der Waals surface area contributed by atoms with Gasteiger partial charge in [-0.1, -0.05) is 45.7 Å². The van der Waals surface area contributed by atoms with Crippen LogP contribution in [0.15, 0.2) is 0 Å². The molecule has 10 nitrogen and oxygen atoms in total. The van der Waals surface area contributed by atoms with Crippen LogP contribution in [-0.4, -0.2) is 76.8 Å². The number of nitrogens with zero attached hydrogens (tertiary/aromatic N) is 2. The monoisotopic (exact) mass is 541 g/mol. The molecule has 2 aliphatic carbocycles. The van der Waals surface area contributed by atoms with Gasteiger partial charge in [0, 0.05) is 19.0 Å². The van der Waals surface area contributed by atoms with Crippen molar-refractivity contribution in [3.05, 3.63) is 0 Å². The molecule has 0 bridgehead atoms. The fraction of sp³-hybridized carbons (Fsp3) is 0.800. The van der Waals surface area contributed by atoms with Gasteiger partial charge in [-0.15, -0.1) is 0 Å². The molecular formula is C25H37ClFN5O5. The Labute approximate surface area is 221 Å². The summed E-state index contributed by atoms with van der Waals surface area (Å²) in [5, 5.41) is 6.32. The molecule has 2 heterocycles. The van der Waals surface area contributed by atoms with E-state index in [0.29, 0.717) is 25.9 Å². The first-order valence-electron chi connectivity index (χ1n) is 13.2. The van der Waals surface area contributed by atoms with Crippen molar-refractivity contribution in [1.82, 2.24) is 26.0 Å². The molecule has 0 aromatic rings. The highest BCUT2D eigenvalue weighted by Gasteiger charge is 2.69. The Bertz CT molecular complexity index is 973. The molecule has 0 unspecified atom stereocenters. The fourth-order valence-corrected chi connectivity index (χ4v) is 5.96. The highest BCUT2D eigenvalue weighted by Crippen LogP contribution is 2.65. The van der Waals surface area contributed by atoms with E-state index >= 15 is 0 Å². The summed E-state index contributed by atoms with van der Waals surface area (Å²) < 4.78 is 13.8. The van der Waals surface area contributed by atoms with Crippen LogP contribution < -0.4 is 16.1 Å². The molecule has 12 heteroatoms. The summed E-state index contributed by atoms with van der Waals surface area (Å²) in [7, 11) is 0. The van der Waals surface area contributed by atoms with Gasteiger partial charge in [0.1, 0.15) is 12.1 Å². The Morgan fingerprint density at radius 3 is 2.43 bits per heavy atom. The molecule has 7 atom stereocenters. The van der Waals surface area contributed by atoms with Gasteiger partial charge in [-0.3, -0.25) is 29.4 Å². The maximum Gasteiger partial charge on any atom is 0.291 e. The number of amides is 5. The van der Waals surface area contributed by atoms with Crippen LogP contribution in [0.4, 0.5) is 4.39 Å². The van der Waals surface area contributed by atoms with Gasteiger partial charge in [0.2, 0.25) is 17.7 Å². The Morgan fingerprint density at radius 2 is 1.89 bits per heavy atom. The Hall–Kier alpha value is -2.43. The van der Waals surface area contributed by atoms with Crippen LogP contribution in [0.25, 0.3) is 0 Å². The second-order valence-electron chi connectivity index (χ2n) is 11.5. The zero-order chi connectivity index (χ0) is 27.2. The first kappa shape index (κ1) is 27.6. The van der Waals surface area contributed by atoms with Crippen LogP contribution in [0.2, 0.25) is 0 Å². The number of alkyl halides is 2. The number of hydrogen-bond donors (Lipinski definition) is 3. The van der Waals surface area contributed by atoms with E-state index in [1.165, 1.54) is 4.90 Å². The summed E-state index contributed by atoms with van der Waals surface area (Å²) >= 11 is 5.41. The van der Waals surface area contributed by atoms with E-state index in [4.69, 9.17) is 11.6 Å². The Balaban J connectivity index is 1.54. The Morgan fingerprint density at radius 1 is 1.22 bits per heavy atom. The van der Waals surface area contributed by atoms with E-state index in [1.54, 1.807) is 0 Å². The number of hydrogen-bond acceptors (Lipinski definition) is 5. The standard InChI is InChI=1S/C25H37ClFN5O5/c1-5-12(2)17(29-21(34)13-6-7-13)23(36)31-11-15-16(25(15,3)4)18(31)22(35)30-32(24(37)19(26)27)10-14-8-9-28-20(14)33/h12-19H,5-11H2,1-4H3,(H,28,33)(H,29,34)(H,30,35)/t12-,14+,15+,16+,17+,18+,19+/m1/s1. The number of likely N-dealkylation sites (tertiary alicyclic amines) is 1. The van der Waals surface area contributed by atoms with Gasteiger partial charge >= 0.3 is 0 Å². The summed E-state index contributed by atoms with van der Waals surface area (Å²) in [5.41, 5.74) is -0.119. The lowest BCUT2D eigenvalue weighted by molar-refractivity contribution is -0.150. The average Bonchev–Trinajstić information content (AvgIpc) is 3.67. The number of fused-ring (bicyclic) bond motifs is 1. The molecule has 0 radical (unpaired) electrons. The van der Waals surface area contributed by atoms with Crippen LogP contribution in [0.5, 0.6) is 0 Å². The second kappa shape index (κ2) is 10.4. The van der Waals surface area contributed by atoms with Crippen LogP contribution >= 0.6 is 11.6 Å². The van der Waals surface area contributed by atoms with Crippen molar-refractivity contribution in [2.24, 2.45) is 35.0 Å². The molecule has 4 aliphatic rings. The van der Waals surface area contributed by atoms with Crippen molar-refractivity contribution in [3.8, 4) is 0 Å². The summed E-state index contributed by atoms with van der Waals surface area (Å²) in [5.74, 6) is -3.48. The smallest absolute Gasteiger partial charge is 0.291 e. The zero-order valence-electron chi connectivity index (χ0n) is 21.8. The van der Waals surface area contributed by atoms with Gasteiger partial charge in [0.15, 0.2) is 0 Å². The van der Waals surface area contributed by atoms with E-state index in [2.05, 4.69) is 16.1 Å². The van der Waals surface area contributed by atoms with Crippen molar-refractivity contribution >= 4 is 41.1 Å². The third-order valence-corrected chi connectivity index (χ3v) is 8.94. The van der Waals surface area contributed by atoms with Gasteiger partial charge < -0.3 is 15.5 Å². The molecule has 0 aromatic heterocycles. The lowest BCUT2D eigenvalue weighted by Gasteiger charge is -2.36. The van der Waals surface area contributed by atoms with E-state index in [-0.39, 0.29) is 53.4 Å². The number of carbonyl (C=O) groups is 5. The van der Waals surface area contributed by atoms with Gasteiger partial charge in [-0.2, -0.15) is 0 Å². The summed E-state index contributed by atoms with van der Waals surface area (Å²) in [6, 6.07) is -1.68. The predicted molar refractivity (Wildman–Crippen MR) is 132 cm³/mol. The minimum absolute atomic E-state index is 0.0686. The van der Waals surface area contributed by atoms with E-state index in [1.807, 2.05) is 27.7 Å². The van der Waals surface area contributed by atoms with Gasteiger partial charge in [0.25, 0.3) is 17.4 Å². The molecule has 3 N–H and O–H groups in total. The molecule has 0 spiro atoms. The number of piperidine rings is 1. The molecule has 0 aromatic carbocycles. The highest BCUT2D eigenvalue weighted by atomic mass is 35.5. The molecule has 2 saturated carbocycles. The molecule has 4 fully saturated rings. The highest BCUT2D eigenvalue weighted by molar-refractivity contribution is 6.29. The lowest BCUT2D eigenvalue weighted by atomic mass is 9.95. The summed E-state index contributed by atoms with van der Waals surface area (Å²) in [4.78, 5) is 66.0. The van der Waals surface area contributed by atoms with Gasteiger partial charge in [-0.25, -0.2) is 9.40 Å². The summed E-state index contributed by atoms with van der Waals surface area (Å²) in [6.45, 7) is 8.41. The van der Waals surface area contributed by atoms with Crippen molar-refractivity contribution in [2.45, 2.75) is 71.1 Å². The zero-order valence-corrected chi connectivity index (χ0v) is 22.5. The molecule has 5 amide bonds. The minimum Gasteiger partial charge on any atom is -0.356 e. The van der Waals surface area contributed by atoms with Crippen LogP contribution in [0, 0.1) is 35.0 Å². The number of hydrazine groups is 1. The average molecular weight is 542 g/mol. The van der Waals surface area contributed by atoms with Crippen LogP contribution in [0.1, 0.15) is 53.4 Å². The van der Waals surface area contributed by atoms with Gasteiger partial charge in [-0.05, 0) is 42.4 Å². The summed E-state index contributed by atoms with van der Waals surface area (Å²) in [6.07, 6.45) is 2.70. The largest absolute Gasteiger partial charge is 0.356 e. The van der Waals surface area contributed by atoms with Crippen molar-refractivity contribution < 1.29 is 28.4 Å². The van der Waals surface area contributed by atoms with Crippen molar-refractivity contribution in [1.29, 1.82) is 0 Å². The van der Waals surface area contributed by atoms with E-state index in [0.717, 1.165) is 17.9 Å². The lowest BCUT2D eigenvalue weighted by Crippen LogP contribution is -2.60. The van der Waals surface area contributed by atoms with Crippen LogP contribution in [-0.2, 0) is 24.0 Å². The molecule has 37 heavy (non-hydrogen) atoms. The maximum absolute atomic E-state index is 13.8. The number of carbonyl (C=O) groups excluding carboxylic acids is 5. The first-order chi connectivity index (χ1) is 17.4. The fourth-order valence-electron chi connectivity index (χ4n) is 5.84. The molecule has 206 valence electrons. The third-order valence-electron chi connectivity index (χ3n) is 8.75. The number of rotatable bonds is 9. The predicted octanol–water partition coefficient (Wildman–Crippen LogP) is 0.941. The van der Waals surface area contributed by atoms with E-state index < -0.39 is 35.4 Å². The SMILES string of the molecule is CC[C@@H](C)[C@H](NC(=O)C1CC1)C(=O)N1C[C@H]2[C@@H]([C@H]1C(=O)NN(C[C@@H]1CCNC1=O)C(=O)[C@H](F)Cl)C2(C)C. The van der Waals surface area contributed by atoms with Crippen molar-refractivity contribution in [3.63, 3.8) is 0 Å². The second-order valence-corrected chi connectivity index (χ2v) is 11.9. The third kappa shape index (κ3) is 5.42. The minimum atomic E-state index is -2.40. The first-order valence-corrected chi connectivity index (χ1v) is 13.6. The van der Waals surface area contributed by atoms with E-state index in [9.17, 15) is 28.4 Å². The molecular weight excluding hydrogens is 505 g/mol. The Kier molecular flexibility index (Phi) is 7.74.